The zero-order valence-electron chi connectivity index (χ0n) is 13.2. The van der Waals surface area contributed by atoms with Crippen molar-refractivity contribution in [3.05, 3.63) is 72.3 Å². The van der Waals surface area contributed by atoms with Crippen LogP contribution in [0.1, 0.15) is 12.5 Å². The van der Waals surface area contributed by atoms with E-state index >= 15 is 0 Å². The molecule has 0 saturated carbocycles. The highest BCUT2D eigenvalue weighted by atomic mass is 15.4. The van der Waals surface area contributed by atoms with Gasteiger partial charge in [0, 0.05) is 30.9 Å². The zero-order valence-corrected chi connectivity index (χ0v) is 13.2. The lowest BCUT2D eigenvalue weighted by molar-refractivity contribution is 0.451. The Kier molecular flexibility index (Phi) is 2.70. The van der Waals surface area contributed by atoms with Crippen molar-refractivity contribution in [2.75, 3.05) is 23.9 Å². The lowest BCUT2D eigenvalue weighted by atomic mass is 9.91. The molecule has 0 amide bonds. The largest absolute Gasteiger partial charge is 0.348 e. The zero-order chi connectivity index (χ0) is 15.3. The van der Waals surface area contributed by atoms with Crippen LogP contribution in [0.15, 0.2) is 66.7 Å². The van der Waals surface area contributed by atoms with Crippen molar-refractivity contribution in [3.63, 3.8) is 0 Å². The molecule has 0 radical (unpaired) electrons. The molecule has 0 saturated heterocycles. The van der Waals surface area contributed by atoms with Crippen molar-refractivity contribution >= 4 is 22.1 Å². The molecule has 2 heteroatoms. The average molecular weight is 288 g/mol. The Labute approximate surface area is 131 Å². The van der Waals surface area contributed by atoms with Crippen molar-refractivity contribution in [3.8, 4) is 0 Å². The van der Waals surface area contributed by atoms with Gasteiger partial charge in [0.2, 0.25) is 0 Å². The van der Waals surface area contributed by atoms with Crippen LogP contribution in [-0.4, -0.2) is 14.1 Å². The van der Waals surface area contributed by atoms with E-state index in [1.165, 1.54) is 27.7 Å². The van der Waals surface area contributed by atoms with E-state index < -0.39 is 0 Å². The second kappa shape index (κ2) is 4.51. The maximum Gasteiger partial charge on any atom is 0.136 e. The predicted octanol–water partition coefficient (Wildman–Crippen LogP) is 4.60. The first-order valence-corrected chi connectivity index (χ1v) is 7.69. The number of hydrogen-bond acceptors (Lipinski definition) is 2. The molecule has 3 aromatic carbocycles. The number of benzene rings is 3. The fraction of sp³-hybridized carbons (Fsp3) is 0.200. The van der Waals surface area contributed by atoms with E-state index in [9.17, 15) is 0 Å². The summed E-state index contributed by atoms with van der Waals surface area (Å²) in [5.41, 5.74) is 3.67. The van der Waals surface area contributed by atoms with Crippen molar-refractivity contribution in [1.29, 1.82) is 0 Å². The maximum absolute atomic E-state index is 2.39. The fourth-order valence-electron chi connectivity index (χ4n) is 3.70. The second-order valence-corrected chi connectivity index (χ2v) is 6.16. The van der Waals surface area contributed by atoms with Crippen LogP contribution in [0, 0.1) is 0 Å². The Morgan fingerprint density at radius 2 is 1.23 bits per heavy atom. The quantitative estimate of drug-likeness (QED) is 0.646. The van der Waals surface area contributed by atoms with Gasteiger partial charge in [-0.2, -0.15) is 0 Å². The van der Waals surface area contributed by atoms with Crippen LogP contribution in [0.2, 0.25) is 0 Å². The first-order valence-electron chi connectivity index (χ1n) is 7.69. The molecule has 0 bridgehead atoms. The molecule has 1 heterocycles. The van der Waals surface area contributed by atoms with Gasteiger partial charge in [0.05, 0.1) is 0 Å². The highest BCUT2D eigenvalue weighted by Crippen LogP contribution is 2.47. The Bertz CT molecular complexity index is 794. The minimum Gasteiger partial charge on any atom is -0.348 e. The first kappa shape index (κ1) is 13.2. The topological polar surface area (TPSA) is 6.48 Å². The molecule has 1 aliphatic rings. The maximum atomic E-state index is 2.39. The number of anilines is 2. The number of nitrogens with zero attached hydrogens (tertiary/aromatic N) is 2. The minimum absolute atomic E-state index is 0.204. The summed E-state index contributed by atoms with van der Waals surface area (Å²) in [5, 5.41) is 2.63. The van der Waals surface area contributed by atoms with E-state index in [4.69, 9.17) is 0 Å². The Morgan fingerprint density at radius 1 is 0.682 bits per heavy atom. The molecule has 4 rings (SSSR count). The van der Waals surface area contributed by atoms with Crippen LogP contribution in [-0.2, 0) is 5.66 Å². The van der Waals surface area contributed by atoms with Gasteiger partial charge in [0.1, 0.15) is 5.66 Å². The molecular weight excluding hydrogens is 268 g/mol. The van der Waals surface area contributed by atoms with E-state index in [0.29, 0.717) is 0 Å². The van der Waals surface area contributed by atoms with Gasteiger partial charge in [0.15, 0.2) is 0 Å². The smallest absolute Gasteiger partial charge is 0.136 e. The third kappa shape index (κ3) is 1.55. The standard InChI is InChI=1S/C20H20N2/c1-20(16-11-5-4-6-12-16)21(2)17-13-7-9-15-10-8-14-18(19(15)17)22(20)3/h4-14H,1-3H3. The summed E-state index contributed by atoms with van der Waals surface area (Å²) in [6.07, 6.45) is 0. The molecule has 0 spiro atoms. The van der Waals surface area contributed by atoms with E-state index in [1.54, 1.807) is 0 Å². The molecule has 1 aliphatic heterocycles. The molecule has 0 atom stereocenters. The van der Waals surface area contributed by atoms with Gasteiger partial charge < -0.3 is 9.80 Å². The van der Waals surface area contributed by atoms with Gasteiger partial charge in [-0.3, -0.25) is 0 Å². The summed E-state index contributed by atoms with van der Waals surface area (Å²) in [6, 6.07) is 23.8. The third-order valence-corrected chi connectivity index (χ3v) is 5.21. The van der Waals surface area contributed by atoms with Gasteiger partial charge in [-0.15, -0.1) is 0 Å². The molecule has 0 aliphatic carbocycles. The van der Waals surface area contributed by atoms with E-state index in [1.807, 2.05) is 0 Å². The van der Waals surface area contributed by atoms with E-state index in [-0.39, 0.29) is 5.66 Å². The molecule has 0 aromatic heterocycles. The molecular formula is C20H20N2. The molecule has 3 aromatic rings. The normalized spacial score (nSPS) is 16.1. The monoisotopic (exact) mass is 288 g/mol. The summed E-state index contributed by atoms with van der Waals surface area (Å²) >= 11 is 0. The molecule has 0 fully saturated rings. The number of rotatable bonds is 1. The fourth-order valence-corrected chi connectivity index (χ4v) is 3.70. The third-order valence-electron chi connectivity index (χ3n) is 5.21. The van der Waals surface area contributed by atoms with Crippen LogP contribution in [0.3, 0.4) is 0 Å². The molecule has 2 nitrogen and oxygen atoms in total. The predicted molar refractivity (Wildman–Crippen MR) is 94.5 cm³/mol. The van der Waals surface area contributed by atoms with Crippen molar-refractivity contribution in [2.45, 2.75) is 12.6 Å². The van der Waals surface area contributed by atoms with Crippen molar-refractivity contribution in [2.24, 2.45) is 0 Å². The summed E-state index contributed by atoms with van der Waals surface area (Å²) in [4.78, 5) is 4.77. The number of hydrogen-bond donors (Lipinski definition) is 0. The lowest BCUT2D eigenvalue weighted by Crippen LogP contribution is -2.55. The van der Waals surface area contributed by atoms with E-state index in [2.05, 4.69) is 97.5 Å². The lowest BCUT2D eigenvalue weighted by Gasteiger charge is -2.52. The summed E-state index contributed by atoms with van der Waals surface area (Å²) in [6.45, 7) is 2.29. The van der Waals surface area contributed by atoms with Gasteiger partial charge >= 0.3 is 0 Å². The summed E-state index contributed by atoms with van der Waals surface area (Å²) in [7, 11) is 4.38. The Hall–Kier alpha value is -2.48. The average Bonchev–Trinajstić information content (AvgIpc) is 2.58. The minimum atomic E-state index is -0.204. The second-order valence-electron chi connectivity index (χ2n) is 6.16. The molecule has 0 N–H and O–H groups in total. The Balaban J connectivity index is 2.04. The Morgan fingerprint density at radius 3 is 1.77 bits per heavy atom. The molecule has 110 valence electrons. The van der Waals surface area contributed by atoms with E-state index in [0.717, 1.165) is 0 Å². The first-order chi connectivity index (χ1) is 10.6. The van der Waals surface area contributed by atoms with Gasteiger partial charge in [-0.25, -0.2) is 0 Å². The van der Waals surface area contributed by atoms with Crippen LogP contribution < -0.4 is 9.80 Å². The summed E-state index contributed by atoms with van der Waals surface area (Å²) < 4.78 is 0. The van der Waals surface area contributed by atoms with Crippen LogP contribution >= 0.6 is 0 Å². The summed E-state index contributed by atoms with van der Waals surface area (Å²) in [5.74, 6) is 0. The van der Waals surface area contributed by atoms with Crippen molar-refractivity contribution < 1.29 is 0 Å². The highest BCUT2D eigenvalue weighted by Gasteiger charge is 2.40. The highest BCUT2D eigenvalue weighted by molar-refractivity contribution is 6.06. The van der Waals surface area contributed by atoms with Gasteiger partial charge in [-0.05, 0) is 30.0 Å². The van der Waals surface area contributed by atoms with Crippen LogP contribution in [0.25, 0.3) is 10.8 Å². The van der Waals surface area contributed by atoms with Crippen LogP contribution in [0.5, 0.6) is 0 Å². The van der Waals surface area contributed by atoms with Crippen molar-refractivity contribution in [1.82, 2.24) is 0 Å². The van der Waals surface area contributed by atoms with Gasteiger partial charge in [0.25, 0.3) is 0 Å². The molecule has 22 heavy (non-hydrogen) atoms. The SMILES string of the molecule is CN1c2cccc3cccc(c23)N(C)C1(C)c1ccccc1. The molecule has 0 unspecified atom stereocenters. The van der Waals surface area contributed by atoms with Crippen LogP contribution in [0.4, 0.5) is 11.4 Å². The van der Waals surface area contributed by atoms with Gasteiger partial charge in [-0.1, -0.05) is 54.6 Å².